The molecule has 0 radical (unpaired) electrons. The minimum atomic E-state index is -1.32. The molecule has 1 fully saturated rings. The van der Waals surface area contributed by atoms with Crippen molar-refractivity contribution in [3.63, 3.8) is 0 Å². The van der Waals surface area contributed by atoms with Crippen molar-refractivity contribution in [1.29, 1.82) is 5.26 Å². The highest BCUT2D eigenvalue weighted by atomic mass is 16.5. The van der Waals surface area contributed by atoms with Gasteiger partial charge in [0, 0.05) is 24.7 Å². The van der Waals surface area contributed by atoms with E-state index in [2.05, 4.69) is 5.16 Å². The summed E-state index contributed by atoms with van der Waals surface area (Å²) in [5.74, 6) is -1.04. The molecular formula is C16H14N4O3. The molecule has 1 aromatic heterocycles. The van der Waals surface area contributed by atoms with Crippen molar-refractivity contribution in [3.05, 3.63) is 42.2 Å². The Hall–Kier alpha value is -3.14. The highest BCUT2D eigenvalue weighted by Crippen LogP contribution is 2.31. The lowest BCUT2D eigenvalue weighted by Crippen LogP contribution is -2.39. The predicted molar refractivity (Wildman–Crippen MR) is 79.7 cm³/mol. The molecule has 1 aliphatic rings. The number of rotatable bonds is 3. The molecule has 7 heteroatoms. The van der Waals surface area contributed by atoms with Gasteiger partial charge in [0.05, 0.1) is 6.07 Å². The van der Waals surface area contributed by atoms with Crippen molar-refractivity contribution < 1.29 is 14.1 Å². The summed E-state index contributed by atoms with van der Waals surface area (Å²) in [6.07, 6.45) is 0.226. The maximum atomic E-state index is 12.4. The number of aromatic nitrogens is 1. The fraction of sp³-hybridized carbons (Fsp3) is 0.250. The monoisotopic (exact) mass is 310 g/mol. The van der Waals surface area contributed by atoms with Crippen LogP contribution in [0.5, 0.6) is 0 Å². The highest BCUT2D eigenvalue weighted by molar-refractivity contribution is 5.94. The van der Waals surface area contributed by atoms with Crippen LogP contribution < -0.4 is 5.73 Å². The van der Waals surface area contributed by atoms with E-state index in [4.69, 9.17) is 10.3 Å². The summed E-state index contributed by atoms with van der Waals surface area (Å²) in [6.45, 7) is 0.246. The molecule has 7 nitrogen and oxygen atoms in total. The molecule has 0 spiro atoms. The van der Waals surface area contributed by atoms with E-state index in [0.717, 1.165) is 5.56 Å². The molecule has 1 atom stereocenters. The number of amides is 2. The van der Waals surface area contributed by atoms with Gasteiger partial charge in [-0.05, 0) is 6.42 Å². The third-order valence-electron chi connectivity index (χ3n) is 4.03. The Morgan fingerprint density at radius 3 is 2.70 bits per heavy atom. The number of nitrogens with zero attached hydrogens (tertiary/aromatic N) is 3. The molecule has 1 aliphatic heterocycles. The van der Waals surface area contributed by atoms with Crippen LogP contribution in [0.1, 0.15) is 17.0 Å². The second kappa shape index (κ2) is 5.57. The van der Waals surface area contributed by atoms with Crippen molar-refractivity contribution in [2.45, 2.75) is 6.42 Å². The van der Waals surface area contributed by atoms with Gasteiger partial charge in [-0.15, -0.1) is 0 Å². The van der Waals surface area contributed by atoms with Crippen molar-refractivity contribution >= 4 is 11.8 Å². The van der Waals surface area contributed by atoms with Crippen LogP contribution in [0.4, 0.5) is 0 Å². The summed E-state index contributed by atoms with van der Waals surface area (Å²) in [4.78, 5) is 25.3. The van der Waals surface area contributed by atoms with Gasteiger partial charge in [0.15, 0.2) is 5.41 Å². The molecule has 0 aliphatic carbocycles. The zero-order valence-corrected chi connectivity index (χ0v) is 12.2. The van der Waals surface area contributed by atoms with Gasteiger partial charge in [-0.25, -0.2) is 0 Å². The van der Waals surface area contributed by atoms with Crippen molar-refractivity contribution in [2.75, 3.05) is 13.1 Å². The van der Waals surface area contributed by atoms with Gasteiger partial charge in [0.1, 0.15) is 5.69 Å². The molecule has 2 N–H and O–H groups in total. The Morgan fingerprint density at radius 1 is 1.35 bits per heavy atom. The molecular weight excluding hydrogens is 296 g/mol. The normalized spacial score (nSPS) is 20.2. The molecule has 2 amide bonds. The maximum Gasteiger partial charge on any atom is 0.292 e. The lowest BCUT2D eigenvalue weighted by molar-refractivity contribution is -0.124. The summed E-state index contributed by atoms with van der Waals surface area (Å²) < 4.78 is 5.12. The smallest absolute Gasteiger partial charge is 0.292 e. The topological polar surface area (TPSA) is 113 Å². The van der Waals surface area contributed by atoms with Crippen molar-refractivity contribution in [3.8, 4) is 17.3 Å². The van der Waals surface area contributed by atoms with Crippen molar-refractivity contribution in [1.82, 2.24) is 10.1 Å². The first-order valence-electron chi connectivity index (χ1n) is 7.08. The van der Waals surface area contributed by atoms with Crippen molar-refractivity contribution in [2.24, 2.45) is 11.1 Å². The number of nitriles is 1. The summed E-state index contributed by atoms with van der Waals surface area (Å²) >= 11 is 0. The number of likely N-dealkylation sites (tertiary alicyclic amines) is 1. The summed E-state index contributed by atoms with van der Waals surface area (Å²) in [7, 11) is 0. The number of carbonyl (C=O) groups is 2. The van der Waals surface area contributed by atoms with E-state index in [1.165, 1.54) is 4.90 Å². The number of carbonyl (C=O) groups excluding carboxylic acids is 2. The Balaban J connectivity index is 1.79. The molecule has 2 heterocycles. The van der Waals surface area contributed by atoms with E-state index in [1.807, 2.05) is 36.4 Å². The minimum Gasteiger partial charge on any atom is -0.368 e. The van der Waals surface area contributed by atoms with Gasteiger partial charge in [-0.1, -0.05) is 35.5 Å². The number of hydrogen-bond acceptors (Lipinski definition) is 5. The Bertz CT molecular complexity index is 793. The quantitative estimate of drug-likeness (QED) is 0.914. The highest BCUT2D eigenvalue weighted by Gasteiger charge is 2.46. The first-order chi connectivity index (χ1) is 11.1. The molecule has 1 unspecified atom stereocenters. The standard InChI is InChI=1S/C16H14N4O3/c17-9-16(15(18)22)6-7-20(10-16)14(21)13-8-12(19-23-13)11-4-2-1-3-5-11/h1-5,8H,6-7,10H2,(H2,18,22). The number of nitrogens with two attached hydrogens (primary N) is 1. The Kier molecular flexibility index (Phi) is 3.58. The van der Waals surface area contributed by atoms with E-state index in [-0.39, 0.29) is 25.3 Å². The van der Waals surface area contributed by atoms with Crippen LogP contribution in [-0.4, -0.2) is 35.0 Å². The lowest BCUT2D eigenvalue weighted by atomic mass is 9.88. The first kappa shape index (κ1) is 14.8. The van der Waals surface area contributed by atoms with Crippen LogP contribution in [-0.2, 0) is 4.79 Å². The van der Waals surface area contributed by atoms with Crippen LogP contribution in [0.2, 0.25) is 0 Å². The van der Waals surface area contributed by atoms with E-state index < -0.39 is 17.2 Å². The third kappa shape index (κ3) is 2.55. The van der Waals surface area contributed by atoms with Crippen LogP contribution in [0.3, 0.4) is 0 Å². The maximum absolute atomic E-state index is 12.4. The largest absolute Gasteiger partial charge is 0.368 e. The minimum absolute atomic E-state index is 0.0287. The average Bonchev–Trinajstić information content (AvgIpc) is 3.23. The zero-order valence-electron chi connectivity index (χ0n) is 12.2. The second-order valence-electron chi connectivity index (χ2n) is 5.48. The van der Waals surface area contributed by atoms with Crippen LogP contribution >= 0.6 is 0 Å². The van der Waals surface area contributed by atoms with E-state index >= 15 is 0 Å². The van der Waals surface area contributed by atoms with E-state index in [9.17, 15) is 14.9 Å². The number of benzene rings is 1. The van der Waals surface area contributed by atoms with Gasteiger partial charge >= 0.3 is 0 Å². The summed E-state index contributed by atoms with van der Waals surface area (Å²) in [6, 6.07) is 12.8. The molecule has 0 bridgehead atoms. The molecule has 23 heavy (non-hydrogen) atoms. The molecule has 1 aromatic carbocycles. The van der Waals surface area contributed by atoms with E-state index in [0.29, 0.717) is 5.69 Å². The van der Waals surface area contributed by atoms with Gasteiger partial charge in [0.2, 0.25) is 11.7 Å². The fourth-order valence-electron chi connectivity index (χ4n) is 2.61. The SMILES string of the molecule is N#CC1(C(N)=O)CCN(C(=O)c2cc(-c3ccccc3)no2)C1. The molecule has 1 saturated heterocycles. The van der Waals surface area contributed by atoms with Crippen LogP contribution in [0.15, 0.2) is 40.9 Å². The molecule has 2 aromatic rings. The molecule has 116 valence electrons. The van der Waals surface area contributed by atoms with E-state index in [1.54, 1.807) is 6.07 Å². The second-order valence-corrected chi connectivity index (χ2v) is 5.48. The van der Waals surface area contributed by atoms with Crippen LogP contribution in [0.25, 0.3) is 11.3 Å². The summed E-state index contributed by atoms with van der Waals surface area (Å²) in [5, 5.41) is 13.1. The van der Waals surface area contributed by atoms with Crippen LogP contribution in [0, 0.1) is 16.7 Å². The average molecular weight is 310 g/mol. The predicted octanol–water partition coefficient (Wildman–Crippen LogP) is 1.18. The third-order valence-corrected chi connectivity index (χ3v) is 4.03. The lowest BCUT2D eigenvalue weighted by Gasteiger charge is -2.17. The van der Waals surface area contributed by atoms with Gasteiger partial charge in [-0.2, -0.15) is 5.26 Å². The number of hydrogen-bond donors (Lipinski definition) is 1. The van der Waals surface area contributed by atoms with Gasteiger partial charge in [-0.3, -0.25) is 9.59 Å². The first-order valence-corrected chi connectivity index (χ1v) is 7.08. The Labute approximate surface area is 132 Å². The fourth-order valence-corrected chi connectivity index (χ4v) is 2.61. The Morgan fingerprint density at radius 2 is 2.09 bits per heavy atom. The molecule has 0 saturated carbocycles. The summed E-state index contributed by atoms with van der Waals surface area (Å²) in [5.41, 5.74) is 5.35. The zero-order chi connectivity index (χ0) is 16.4. The number of primary amides is 1. The van der Waals surface area contributed by atoms with Gasteiger partial charge in [0.25, 0.3) is 5.91 Å². The van der Waals surface area contributed by atoms with Gasteiger partial charge < -0.3 is 15.2 Å². The molecule has 3 rings (SSSR count).